The quantitative estimate of drug-likeness (QED) is 0.619. The van der Waals surface area contributed by atoms with E-state index in [2.05, 4.69) is 10.0 Å². The van der Waals surface area contributed by atoms with Gasteiger partial charge in [0.15, 0.2) is 6.10 Å². The Bertz CT molecular complexity index is 672. The van der Waals surface area contributed by atoms with Gasteiger partial charge in [-0.1, -0.05) is 6.07 Å². The van der Waals surface area contributed by atoms with E-state index < -0.39 is 28.0 Å². The first-order valence-electron chi connectivity index (χ1n) is 6.83. The van der Waals surface area contributed by atoms with Crippen molar-refractivity contribution in [3.8, 4) is 0 Å². The minimum absolute atomic E-state index is 0.0413. The van der Waals surface area contributed by atoms with Crippen LogP contribution in [0, 0.1) is 0 Å². The molecule has 0 aromatic heterocycles. The van der Waals surface area contributed by atoms with E-state index in [1.807, 2.05) is 0 Å². The van der Waals surface area contributed by atoms with Crippen LogP contribution < -0.4 is 10.0 Å². The van der Waals surface area contributed by atoms with Crippen LogP contribution in [0.5, 0.6) is 0 Å². The van der Waals surface area contributed by atoms with Gasteiger partial charge in [-0.25, -0.2) is 17.9 Å². The molecule has 0 saturated carbocycles. The van der Waals surface area contributed by atoms with E-state index in [4.69, 9.17) is 9.84 Å². The van der Waals surface area contributed by atoms with Gasteiger partial charge in [-0.05, 0) is 32.0 Å². The molecule has 128 valence electrons. The average molecular weight is 344 g/mol. The summed E-state index contributed by atoms with van der Waals surface area (Å²) < 4.78 is 31.3. The molecule has 1 rings (SSSR count). The lowest BCUT2D eigenvalue weighted by molar-refractivity contribution is -0.148. The van der Waals surface area contributed by atoms with E-state index in [1.165, 1.54) is 31.4 Å². The van der Waals surface area contributed by atoms with Crippen molar-refractivity contribution in [1.29, 1.82) is 0 Å². The van der Waals surface area contributed by atoms with Crippen molar-refractivity contribution in [2.45, 2.75) is 30.9 Å². The van der Waals surface area contributed by atoms with Crippen LogP contribution in [0.4, 0.5) is 0 Å². The van der Waals surface area contributed by atoms with Crippen LogP contribution in [0.1, 0.15) is 24.2 Å². The third-order valence-electron chi connectivity index (χ3n) is 2.81. The summed E-state index contributed by atoms with van der Waals surface area (Å²) in [4.78, 5) is 22.8. The molecule has 9 heteroatoms. The van der Waals surface area contributed by atoms with Crippen molar-refractivity contribution in [2.24, 2.45) is 0 Å². The molecule has 3 N–H and O–H groups in total. The van der Waals surface area contributed by atoms with Gasteiger partial charge in [0.25, 0.3) is 5.91 Å². The van der Waals surface area contributed by atoms with Crippen LogP contribution in [-0.4, -0.2) is 51.2 Å². The lowest BCUT2D eigenvalue weighted by Gasteiger charge is -2.13. The van der Waals surface area contributed by atoms with Gasteiger partial charge in [-0.2, -0.15) is 0 Å². The second-order valence-electron chi connectivity index (χ2n) is 5.08. The molecule has 23 heavy (non-hydrogen) atoms. The average Bonchev–Trinajstić information content (AvgIpc) is 2.46. The van der Waals surface area contributed by atoms with Gasteiger partial charge in [0.1, 0.15) is 0 Å². The number of methoxy groups -OCH3 is 1. The van der Waals surface area contributed by atoms with E-state index in [0.717, 1.165) is 0 Å². The fourth-order valence-corrected chi connectivity index (χ4v) is 3.04. The van der Waals surface area contributed by atoms with Gasteiger partial charge in [0, 0.05) is 18.7 Å². The zero-order valence-electron chi connectivity index (χ0n) is 13.1. The number of rotatable bonds is 8. The SMILES string of the molecule is COC(CNC(=O)c1cccc(S(=O)(=O)NC(C)C)c1)C(=O)O. The molecule has 0 aliphatic rings. The summed E-state index contributed by atoms with van der Waals surface area (Å²) in [5.74, 6) is -1.79. The summed E-state index contributed by atoms with van der Waals surface area (Å²) in [5.41, 5.74) is 0.108. The number of nitrogens with one attached hydrogen (secondary N) is 2. The van der Waals surface area contributed by atoms with Crippen molar-refractivity contribution >= 4 is 21.9 Å². The van der Waals surface area contributed by atoms with E-state index in [0.29, 0.717) is 0 Å². The predicted molar refractivity (Wildman–Crippen MR) is 82.7 cm³/mol. The molecule has 0 saturated heterocycles. The number of benzene rings is 1. The standard InChI is InChI=1S/C14H20N2O6S/c1-9(2)16-23(20,21)11-6-4-5-10(7-11)13(17)15-8-12(22-3)14(18)19/h4-7,9,12,16H,8H2,1-3H3,(H,15,17)(H,18,19). The highest BCUT2D eigenvalue weighted by molar-refractivity contribution is 7.89. The summed E-state index contributed by atoms with van der Waals surface area (Å²) in [6.45, 7) is 3.14. The summed E-state index contributed by atoms with van der Waals surface area (Å²) in [7, 11) is -2.50. The highest BCUT2D eigenvalue weighted by Gasteiger charge is 2.20. The highest BCUT2D eigenvalue weighted by Crippen LogP contribution is 2.12. The molecule has 0 fully saturated rings. The maximum atomic E-state index is 12.1. The first-order chi connectivity index (χ1) is 10.7. The minimum Gasteiger partial charge on any atom is -0.479 e. The first-order valence-corrected chi connectivity index (χ1v) is 8.32. The van der Waals surface area contributed by atoms with Crippen molar-refractivity contribution in [3.05, 3.63) is 29.8 Å². The predicted octanol–water partition coefficient (Wildman–Crippen LogP) is 0.203. The zero-order valence-corrected chi connectivity index (χ0v) is 13.9. The monoisotopic (exact) mass is 344 g/mol. The first kappa shape index (κ1) is 19.1. The second-order valence-corrected chi connectivity index (χ2v) is 6.79. The Morgan fingerprint density at radius 2 is 1.96 bits per heavy atom. The summed E-state index contributed by atoms with van der Waals surface area (Å²) in [6, 6.07) is 5.19. The number of carboxylic acid groups (broad SMARTS) is 1. The normalized spacial score (nSPS) is 12.9. The van der Waals surface area contributed by atoms with Crippen molar-refractivity contribution in [3.63, 3.8) is 0 Å². The Hall–Kier alpha value is -1.97. The van der Waals surface area contributed by atoms with Crippen molar-refractivity contribution < 1.29 is 27.9 Å². The Morgan fingerprint density at radius 3 is 2.48 bits per heavy atom. The molecule has 0 aliphatic heterocycles. The van der Waals surface area contributed by atoms with Crippen LogP contribution in [0.15, 0.2) is 29.2 Å². The number of carbonyl (C=O) groups is 2. The van der Waals surface area contributed by atoms with E-state index in [1.54, 1.807) is 13.8 Å². The zero-order chi connectivity index (χ0) is 17.6. The molecule has 0 bridgehead atoms. The lowest BCUT2D eigenvalue weighted by atomic mass is 10.2. The van der Waals surface area contributed by atoms with Crippen molar-refractivity contribution in [2.75, 3.05) is 13.7 Å². The lowest BCUT2D eigenvalue weighted by Crippen LogP contribution is -2.38. The maximum Gasteiger partial charge on any atom is 0.334 e. The molecule has 0 aliphatic carbocycles. The summed E-state index contributed by atoms with van der Waals surface area (Å²) in [5, 5.41) is 11.2. The third-order valence-corrected chi connectivity index (χ3v) is 4.46. The minimum atomic E-state index is -3.71. The van der Waals surface area contributed by atoms with E-state index >= 15 is 0 Å². The van der Waals surface area contributed by atoms with Crippen LogP contribution in [0.2, 0.25) is 0 Å². The number of carboxylic acids is 1. The molecule has 8 nitrogen and oxygen atoms in total. The fraction of sp³-hybridized carbons (Fsp3) is 0.429. The van der Waals surface area contributed by atoms with Crippen LogP contribution >= 0.6 is 0 Å². The molecule has 1 unspecified atom stereocenters. The van der Waals surface area contributed by atoms with Gasteiger partial charge in [0.2, 0.25) is 10.0 Å². The fourth-order valence-electron chi connectivity index (χ4n) is 1.74. The molecule has 0 heterocycles. The third kappa shape index (κ3) is 5.62. The molecular weight excluding hydrogens is 324 g/mol. The van der Waals surface area contributed by atoms with E-state index in [9.17, 15) is 18.0 Å². The molecule has 1 atom stereocenters. The number of aliphatic carboxylic acids is 1. The topological polar surface area (TPSA) is 122 Å². The number of hydrogen-bond donors (Lipinski definition) is 3. The Morgan fingerprint density at radius 1 is 1.30 bits per heavy atom. The molecule has 0 spiro atoms. The summed E-state index contributed by atoms with van der Waals surface area (Å²) >= 11 is 0. The number of amides is 1. The number of ether oxygens (including phenoxy) is 1. The van der Waals surface area contributed by atoms with Crippen LogP contribution in [-0.2, 0) is 19.6 Å². The smallest absolute Gasteiger partial charge is 0.334 e. The highest BCUT2D eigenvalue weighted by atomic mass is 32.2. The van der Waals surface area contributed by atoms with Gasteiger partial charge in [-0.3, -0.25) is 4.79 Å². The van der Waals surface area contributed by atoms with Gasteiger partial charge >= 0.3 is 5.97 Å². The second kappa shape index (κ2) is 8.04. The number of carbonyl (C=O) groups excluding carboxylic acids is 1. The van der Waals surface area contributed by atoms with Crippen molar-refractivity contribution in [1.82, 2.24) is 10.0 Å². The molecular formula is C14H20N2O6S. The molecule has 1 amide bonds. The molecule has 1 aromatic carbocycles. The number of hydrogen-bond acceptors (Lipinski definition) is 5. The van der Waals surface area contributed by atoms with Crippen LogP contribution in [0.25, 0.3) is 0 Å². The van der Waals surface area contributed by atoms with Gasteiger partial charge in [0.05, 0.1) is 11.4 Å². The maximum absolute atomic E-state index is 12.1. The van der Waals surface area contributed by atoms with E-state index in [-0.39, 0.29) is 23.0 Å². The Balaban J connectivity index is 2.88. The summed E-state index contributed by atoms with van der Waals surface area (Å²) in [6.07, 6.45) is -1.17. The molecule has 0 radical (unpaired) electrons. The van der Waals surface area contributed by atoms with Gasteiger partial charge in [-0.15, -0.1) is 0 Å². The Kier molecular flexibility index (Phi) is 6.67. The molecule has 1 aromatic rings. The Labute approximate surface area is 134 Å². The van der Waals surface area contributed by atoms with Gasteiger partial charge < -0.3 is 15.2 Å². The number of sulfonamides is 1. The van der Waals surface area contributed by atoms with Crippen LogP contribution in [0.3, 0.4) is 0 Å². The largest absolute Gasteiger partial charge is 0.479 e.